The van der Waals surface area contributed by atoms with Gasteiger partial charge in [-0.05, 0) is 27.8 Å². The molecule has 0 bridgehead atoms. The van der Waals surface area contributed by atoms with E-state index in [1.807, 2.05) is 7.05 Å². The summed E-state index contributed by atoms with van der Waals surface area (Å²) in [6.45, 7) is 7.00. The number of nitro groups is 1. The first-order chi connectivity index (χ1) is 8.82. The van der Waals surface area contributed by atoms with E-state index in [9.17, 15) is 10.1 Å². The van der Waals surface area contributed by atoms with Crippen molar-refractivity contribution < 1.29 is 4.92 Å². The third-order valence-electron chi connectivity index (χ3n) is 2.90. The number of nitrogens with two attached hydrogens (primary N) is 1. The number of hydrogen-bond acceptors (Lipinski definition) is 7. The van der Waals surface area contributed by atoms with Gasteiger partial charge < -0.3 is 16.0 Å². The Bertz CT molecular complexity index is 463. The minimum absolute atomic E-state index is 0.0304. The van der Waals surface area contributed by atoms with Gasteiger partial charge in [0.25, 0.3) is 0 Å². The summed E-state index contributed by atoms with van der Waals surface area (Å²) in [4.78, 5) is 20.3. The van der Waals surface area contributed by atoms with Crippen LogP contribution in [-0.2, 0) is 0 Å². The van der Waals surface area contributed by atoms with Gasteiger partial charge in [-0.3, -0.25) is 10.1 Å². The van der Waals surface area contributed by atoms with Gasteiger partial charge in [-0.15, -0.1) is 0 Å². The van der Waals surface area contributed by atoms with E-state index >= 15 is 0 Å². The van der Waals surface area contributed by atoms with Gasteiger partial charge in [0.05, 0.1) is 4.92 Å². The molecule has 8 heteroatoms. The van der Waals surface area contributed by atoms with Crippen LogP contribution in [0.3, 0.4) is 0 Å². The van der Waals surface area contributed by atoms with E-state index in [1.165, 1.54) is 0 Å². The molecule has 1 aromatic rings. The number of aromatic nitrogens is 2. The zero-order valence-electron chi connectivity index (χ0n) is 11.7. The van der Waals surface area contributed by atoms with Crippen molar-refractivity contribution in [3.63, 3.8) is 0 Å². The molecular weight excluding hydrogens is 248 g/mol. The summed E-state index contributed by atoms with van der Waals surface area (Å²) in [7, 11) is 1.99. The second-order valence-electron chi connectivity index (χ2n) is 4.62. The van der Waals surface area contributed by atoms with Crippen LogP contribution >= 0.6 is 0 Å². The number of rotatable bonds is 6. The van der Waals surface area contributed by atoms with Gasteiger partial charge in [-0.2, -0.15) is 4.98 Å². The molecule has 0 aromatic carbocycles. The Labute approximate surface area is 112 Å². The van der Waals surface area contributed by atoms with Crippen LogP contribution in [-0.4, -0.2) is 46.0 Å². The van der Waals surface area contributed by atoms with Crippen LogP contribution in [0.4, 0.5) is 17.5 Å². The number of nitrogen functional groups attached to an aromatic ring is 1. The van der Waals surface area contributed by atoms with E-state index in [-0.39, 0.29) is 23.1 Å². The van der Waals surface area contributed by atoms with Crippen LogP contribution in [0.15, 0.2) is 0 Å². The normalized spacial score (nSPS) is 11.1. The molecular formula is C11H20N6O2. The second kappa shape index (κ2) is 6.28. The van der Waals surface area contributed by atoms with Crippen molar-refractivity contribution in [1.82, 2.24) is 14.9 Å². The Morgan fingerprint density at radius 1 is 1.47 bits per heavy atom. The SMILES string of the molecule is Cc1nc(N)nc(NCCN(C)C(C)C)c1[N+](=O)[O-]. The van der Waals surface area contributed by atoms with Crippen molar-refractivity contribution in [3.8, 4) is 0 Å². The fourth-order valence-corrected chi connectivity index (χ4v) is 1.54. The predicted molar refractivity (Wildman–Crippen MR) is 74.1 cm³/mol. The number of anilines is 2. The molecule has 0 saturated carbocycles. The zero-order chi connectivity index (χ0) is 14.6. The smallest absolute Gasteiger partial charge is 0.332 e. The molecule has 0 aliphatic rings. The van der Waals surface area contributed by atoms with E-state index in [0.717, 1.165) is 6.54 Å². The molecule has 19 heavy (non-hydrogen) atoms. The second-order valence-corrected chi connectivity index (χ2v) is 4.62. The molecule has 3 N–H and O–H groups in total. The van der Waals surface area contributed by atoms with Gasteiger partial charge >= 0.3 is 5.69 Å². The lowest BCUT2D eigenvalue weighted by atomic mass is 10.3. The Hall–Kier alpha value is -1.96. The minimum atomic E-state index is -0.497. The number of nitrogens with zero attached hydrogens (tertiary/aromatic N) is 4. The average molecular weight is 268 g/mol. The van der Waals surface area contributed by atoms with Gasteiger partial charge in [0.1, 0.15) is 5.69 Å². The topological polar surface area (TPSA) is 110 Å². The van der Waals surface area contributed by atoms with E-state index in [0.29, 0.717) is 12.6 Å². The van der Waals surface area contributed by atoms with Gasteiger partial charge in [0.15, 0.2) is 0 Å². The van der Waals surface area contributed by atoms with Crippen molar-refractivity contribution in [2.45, 2.75) is 26.8 Å². The molecule has 8 nitrogen and oxygen atoms in total. The van der Waals surface area contributed by atoms with Crippen LogP contribution in [0.5, 0.6) is 0 Å². The molecule has 1 rings (SSSR count). The maximum atomic E-state index is 11.0. The molecule has 0 amide bonds. The summed E-state index contributed by atoms with van der Waals surface area (Å²) < 4.78 is 0. The highest BCUT2D eigenvalue weighted by Gasteiger charge is 2.21. The molecule has 0 atom stereocenters. The van der Waals surface area contributed by atoms with Gasteiger partial charge in [0, 0.05) is 19.1 Å². The minimum Gasteiger partial charge on any atom is -0.368 e. The van der Waals surface area contributed by atoms with Crippen LogP contribution in [0, 0.1) is 17.0 Å². The van der Waals surface area contributed by atoms with Crippen molar-refractivity contribution in [2.24, 2.45) is 0 Å². The highest BCUT2D eigenvalue weighted by atomic mass is 16.6. The van der Waals surface area contributed by atoms with E-state index in [2.05, 4.69) is 34.0 Å². The molecule has 1 heterocycles. The average Bonchev–Trinajstić information content (AvgIpc) is 2.26. The van der Waals surface area contributed by atoms with Crippen LogP contribution in [0.2, 0.25) is 0 Å². The largest absolute Gasteiger partial charge is 0.368 e. The lowest BCUT2D eigenvalue weighted by Crippen LogP contribution is -2.31. The fourth-order valence-electron chi connectivity index (χ4n) is 1.54. The zero-order valence-corrected chi connectivity index (χ0v) is 11.7. The molecule has 106 valence electrons. The number of nitrogens with one attached hydrogen (secondary N) is 1. The first-order valence-electron chi connectivity index (χ1n) is 6.05. The Morgan fingerprint density at radius 3 is 2.63 bits per heavy atom. The van der Waals surface area contributed by atoms with Gasteiger partial charge in [0.2, 0.25) is 11.8 Å². The highest BCUT2D eigenvalue weighted by Crippen LogP contribution is 2.25. The number of hydrogen-bond donors (Lipinski definition) is 2. The van der Waals surface area contributed by atoms with E-state index in [1.54, 1.807) is 6.92 Å². The van der Waals surface area contributed by atoms with Crippen molar-refractivity contribution in [1.29, 1.82) is 0 Å². The maximum absolute atomic E-state index is 11.0. The van der Waals surface area contributed by atoms with Crippen LogP contribution in [0.25, 0.3) is 0 Å². The number of aryl methyl sites for hydroxylation is 1. The third-order valence-corrected chi connectivity index (χ3v) is 2.90. The first-order valence-corrected chi connectivity index (χ1v) is 6.05. The molecule has 0 saturated heterocycles. The van der Waals surface area contributed by atoms with E-state index < -0.39 is 4.92 Å². The molecule has 0 aliphatic heterocycles. The quantitative estimate of drug-likeness (QED) is 0.585. The summed E-state index contributed by atoms with van der Waals surface area (Å²) in [5.74, 6) is 0.204. The lowest BCUT2D eigenvalue weighted by molar-refractivity contribution is -0.385. The first kappa shape index (κ1) is 15.1. The fraction of sp³-hybridized carbons (Fsp3) is 0.636. The molecule has 0 radical (unpaired) electrons. The monoisotopic (exact) mass is 268 g/mol. The Morgan fingerprint density at radius 2 is 2.11 bits per heavy atom. The van der Waals surface area contributed by atoms with Gasteiger partial charge in [-0.1, -0.05) is 0 Å². The summed E-state index contributed by atoms with van der Waals surface area (Å²) in [6.07, 6.45) is 0. The lowest BCUT2D eigenvalue weighted by Gasteiger charge is -2.21. The third kappa shape index (κ3) is 4.02. The summed E-state index contributed by atoms with van der Waals surface area (Å²) >= 11 is 0. The van der Waals surface area contributed by atoms with Gasteiger partial charge in [-0.25, -0.2) is 4.98 Å². The molecule has 0 aliphatic carbocycles. The van der Waals surface area contributed by atoms with Crippen molar-refractivity contribution >= 4 is 17.5 Å². The predicted octanol–water partition coefficient (Wildman–Crippen LogP) is 1.03. The molecule has 0 fully saturated rings. The maximum Gasteiger partial charge on any atom is 0.332 e. The summed E-state index contributed by atoms with van der Waals surface area (Å²) in [5, 5.41) is 13.9. The standard InChI is InChI=1S/C11H20N6O2/c1-7(2)16(4)6-5-13-10-9(17(18)19)8(3)14-11(12)15-10/h7H,5-6H2,1-4H3,(H3,12,13,14,15). The highest BCUT2D eigenvalue weighted by molar-refractivity contribution is 5.60. The Kier molecular flexibility index (Phi) is 4.99. The summed E-state index contributed by atoms with van der Waals surface area (Å²) in [5.41, 5.74) is 5.65. The van der Waals surface area contributed by atoms with Crippen molar-refractivity contribution in [2.75, 3.05) is 31.2 Å². The van der Waals surface area contributed by atoms with Crippen LogP contribution < -0.4 is 11.1 Å². The molecule has 0 spiro atoms. The van der Waals surface area contributed by atoms with E-state index in [4.69, 9.17) is 5.73 Å². The molecule has 1 aromatic heterocycles. The number of likely N-dealkylation sites (N-methyl/N-ethyl adjacent to an activating group) is 1. The van der Waals surface area contributed by atoms with Crippen LogP contribution in [0.1, 0.15) is 19.5 Å². The molecule has 0 unspecified atom stereocenters. The Balaban J connectivity index is 2.80. The summed E-state index contributed by atoms with van der Waals surface area (Å²) in [6, 6.07) is 0.411. The van der Waals surface area contributed by atoms with Crippen molar-refractivity contribution in [3.05, 3.63) is 15.8 Å².